The normalized spacial score (nSPS) is 10.1. The molecule has 0 heterocycles. The number of ether oxygens (including phenoxy) is 2. The van der Waals surface area contributed by atoms with E-state index in [1.165, 1.54) is 0 Å². The molecule has 0 spiro atoms. The summed E-state index contributed by atoms with van der Waals surface area (Å²) in [5.41, 5.74) is 3.03. The van der Waals surface area contributed by atoms with E-state index in [1.807, 2.05) is 45.0 Å². The fourth-order valence-corrected chi connectivity index (χ4v) is 2.33. The first-order valence-electron chi connectivity index (χ1n) is 8.05. The van der Waals surface area contributed by atoms with Gasteiger partial charge >= 0.3 is 6.03 Å². The molecule has 5 nitrogen and oxygen atoms in total. The van der Waals surface area contributed by atoms with Gasteiger partial charge in [0.25, 0.3) is 0 Å². The first-order valence-corrected chi connectivity index (χ1v) is 8.05. The van der Waals surface area contributed by atoms with Gasteiger partial charge in [-0.2, -0.15) is 0 Å². The minimum atomic E-state index is -0.261. The van der Waals surface area contributed by atoms with Crippen molar-refractivity contribution in [1.82, 2.24) is 5.32 Å². The van der Waals surface area contributed by atoms with Crippen molar-refractivity contribution in [2.75, 3.05) is 25.1 Å². The van der Waals surface area contributed by atoms with Gasteiger partial charge in [0.1, 0.15) is 18.1 Å². The molecule has 0 bridgehead atoms. The second kappa shape index (κ2) is 8.82. The maximum absolute atomic E-state index is 11.8. The molecule has 0 saturated heterocycles. The Bertz CT molecular complexity index is 649. The number of benzene rings is 2. The number of carbonyl (C=O) groups is 1. The lowest BCUT2D eigenvalue weighted by atomic mass is 10.1. The van der Waals surface area contributed by atoms with E-state index in [1.54, 1.807) is 12.1 Å². The smallest absolute Gasteiger partial charge is 0.319 e. The van der Waals surface area contributed by atoms with Crippen LogP contribution in [0.3, 0.4) is 0 Å². The van der Waals surface area contributed by atoms with Crippen LogP contribution < -0.4 is 20.1 Å². The summed E-state index contributed by atoms with van der Waals surface area (Å²) >= 11 is 0. The van der Waals surface area contributed by atoms with Crippen molar-refractivity contribution in [3.05, 3.63) is 53.6 Å². The number of anilines is 1. The average molecular weight is 328 g/mol. The second-order valence-corrected chi connectivity index (χ2v) is 5.51. The van der Waals surface area contributed by atoms with Crippen LogP contribution in [0.15, 0.2) is 42.5 Å². The number of rotatable bonds is 7. The highest BCUT2D eigenvalue weighted by Gasteiger charge is 2.02. The third-order valence-corrected chi connectivity index (χ3v) is 3.27. The topological polar surface area (TPSA) is 59.6 Å². The standard InChI is InChI=1S/C19H24N2O3/c1-4-23-17-7-5-16(6-8-17)21-19(22)20-9-10-24-18-12-14(2)11-15(3)13-18/h5-8,11-13H,4,9-10H2,1-3H3,(H2,20,21,22). The summed E-state index contributed by atoms with van der Waals surface area (Å²) in [5.74, 6) is 1.60. The molecule has 2 amide bonds. The van der Waals surface area contributed by atoms with E-state index in [2.05, 4.69) is 16.7 Å². The Morgan fingerprint density at radius 1 is 0.958 bits per heavy atom. The van der Waals surface area contributed by atoms with Crippen LogP contribution in [-0.2, 0) is 0 Å². The summed E-state index contributed by atoms with van der Waals surface area (Å²) in [6, 6.07) is 13.0. The molecule has 128 valence electrons. The largest absolute Gasteiger partial charge is 0.494 e. The lowest BCUT2D eigenvalue weighted by Crippen LogP contribution is -2.32. The summed E-state index contributed by atoms with van der Waals surface area (Å²) in [6.07, 6.45) is 0. The molecule has 0 unspecified atom stereocenters. The molecule has 2 N–H and O–H groups in total. The molecule has 0 atom stereocenters. The number of amides is 2. The van der Waals surface area contributed by atoms with Crippen LogP contribution >= 0.6 is 0 Å². The van der Waals surface area contributed by atoms with E-state index in [-0.39, 0.29) is 6.03 Å². The predicted molar refractivity (Wildman–Crippen MR) is 96.0 cm³/mol. The molecule has 0 aliphatic rings. The van der Waals surface area contributed by atoms with Gasteiger partial charge in [0.2, 0.25) is 0 Å². The van der Waals surface area contributed by atoms with Crippen LogP contribution in [0, 0.1) is 13.8 Å². The van der Waals surface area contributed by atoms with Crippen molar-refractivity contribution >= 4 is 11.7 Å². The lowest BCUT2D eigenvalue weighted by molar-refractivity contribution is 0.247. The average Bonchev–Trinajstić information content (AvgIpc) is 2.53. The quantitative estimate of drug-likeness (QED) is 0.758. The number of hydrogen-bond donors (Lipinski definition) is 2. The second-order valence-electron chi connectivity index (χ2n) is 5.51. The van der Waals surface area contributed by atoms with Gasteiger partial charge in [0.15, 0.2) is 0 Å². The minimum absolute atomic E-state index is 0.261. The SMILES string of the molecule is CCOc1ccc(NC(=O)NCCOc2cc(C)cc(C)c2)cc1. The zero-order valence-corrected chi connectivity index (χ0v) is 14.4. The Hall–Kier alpha value is -2.69. The van der Waals surface area contributed by atoms with Crippen LogP contribution in [0.2, 0.25) is 0 Å². The van der Waals surface area contributed by atoms with Crippen molar-refractivity contribution in [3.63, 3.8) is 0 Å². The Morgan fingerprint density at radius 2 is 1.62 bits per heavy atom. The van der Waals surface area contributed by atoms with Crippen molar-refractivity contribution in [1.29, 1.82) is 0 Å². The van der Waals surface area contributed by atoms with Crippen LogP contribution in [-0.4, -0.2) is 25.8 Å². The van der Waals surface area contributed by atoms with E-state index in [0.29, 0.717) is 25.4 Å². The monoisotopic (exact) mass is 328 g/mol. The Kier molecular flexibility index (Phi) is 6.49. The Morgan fingerprint density at radius 3 is 2.25 bits per heavy atom. The van der Waals surface area contributed by atoms with Gasteiger partial charge in [-0.3, -0.25) is 0 Å². The molecule has 24 heavy (non-hydrogen) atoms. The van der Waals surface area contributed by atoms with Crippen molar-refractivity contribution in [2.45, 2.75) is 20.8 Å². The summed E-state index contributed by atoms with van der Waals surface area (Å²) in [7, 11) is 0. The number of hydrogen-bond acceptors (Lipinski definition) is 3. The van der Waals surface area contributed by atoms with Gasteiger partial charge in [-0.1, -0.05) is 6.07 Å². The maximum atomic E-state index is 11.8. The Labute approximate surface area is 143 Å². The van der Waals surface area contributed by atoms with Gasteiger partial charge < -0.3 is 20.1 Å². The minimum Gasteiger partial charge on any atom is -0.494 e. The van der Waals surface area contributed by atoms with Crippen LogP contribution in [0.4, 0.5) is 10.5 Å². The van der Waals surface area contributed by atoms with Crippen LogP contribution in [0.5, 0.6) is 11.5 Å². The molecule has 0 fully saturated rings. The number of nitrogens with one attached hydrogen (secondary N) is 2. The third-order valence-electron chi connectivity index (χ3n) is 3.27. The van der Waals surface area contributed by atoms with Crippen molar-refractivity contribution in [2.24, 2.45) is 0 Å². The summed E-state index contributed by atoms with van der Waals surface area (Å²) in [4.78, 5) is 11.8. The molecule has 2 aromatic carbocycles. The van der Waals surface area contributed by atoms with Gasteiger partial charge in [0.05, 0.1) is 13.2 Å². The molecule has 0 radical (unpaired) electrons. The highest BCUT2D eigenvalue weighted by atomic mass is 16.5. The highest BCUT2D eigenvalue weighted by molar-refractivity contribution is 5.89. The van der Waals surface area contributed by atoms with E-state index in [0.717, 1.165) is 22.6 Å². The molecular weight excluding hydrogens is 304 g/mol. The summed E-state index contributed by atoms with van der Waals surface area (Å²) < 4.78 is 11.0. The molecule has 0 aromatic heterocycles. The molecule has 5 heteroatoms. The van der Waals surface area contributed by atoms with Crippen LogP contribution in [0.25, 0.3) is 0 Å². The fourth-order valence-electron chi connectivity index (χ4n) is 2.33. The molecule has 0 saturated carbocycles. The van der Waals surface area contributed by atoms with Gasteiger partial charge in [-0.15, -0.1) is 0 Å². The first-order chi connectivity index (χ1) is 11.6. The fraction of sp³-hybridized carbons (Fsp3) is 0.316. The Balaban J connectivity index is 1.71. The first kappa shape index (κ1) is 17.7. The predicted octanol–water partition coefficient (Wildman–Crippen LogP) is 3.90. The zero-order chi connectivity index (χ0) is 17.4. The van der Waals surface area contributed by atoms with E-state index >= 15 is 0 Å². The number of urea groups is 1. The van der Waals surface area contributed by atoms with Crippen LogP contribution in [0.1, 0.15) is 18.1 Å². The van der Waals surface area contributed by atoms with Gasteiger partial charge in [-0.25, -0.2) is 4.79 Å². The highest BCUT2D eigenvalue weighted by Crippen LogP contribution is 2.16. The third kappa shape index (κ3) is 5.83. The van der Waals surface area contributed by atoms with E-state index in [4.69, 9.17) is 9.47 Å². The molecule has 2 rings (SSSR count). The molecule has 0 aliphatic carbocycles. The summed E-state index contributed by atoms with van der Waals surface area (Å²) in [5, 5.41) is 5.53. The maximum Gasteiger partial charge on any atom is 0.319 e. The molecule has 0 aliphatic heterocycles. The number of aryl methyl sites for hydroxylation is 2. The van der Waals surface area contributed by atoms with E-state index in [9.17, 15) is 4.79 Å². The lowest BCUT2D eigenvalue weighted by Gasteiger charge is -2.10. The van der Waals surface area contributed by atoms with Gasteiger partial charge in [-0.05, 0) is 68.3 Å². The summed E-state index contributed by atoms with van der Waals surface area (Å²) in [6.45, 7) is 7.45. The zero-order valence-electron chi connectivity index (χ0n) is 14.4. The van der Waals surface area contributed by atoms with Crippen molar-refractivity contribution in [3.8, 4) is 11.5 Å². The molecule has 2 aromatic rings. The number of carbonyl (C=O) groups excluding carboxylic acids is 1. The molecular formula is C19H24N2O3. The van der Waals surface area contributed by atoms with Gasteiger partial charge in [0, 0.05) is 5.69 Å². The van der Waals surface area contributed by atoms with E-state index < -0.39 is 0 Å². The van der Waals surface area contributed by atoms with Crippen molar-refractivity contribution < 1.29 is 14.3 Å².